The summed E-state index contributed by atoms with van der Waals surface area (Å²) in [6.45, 7) is 5.86. The van der Waals surface area contributed by atoms with Crippen molar-refractivity contribution in [3.05, 3.63) is 81.2 Å². The van der Waals surface area contributed by atoms with E-state index in [0.717, 1.165) is 16.8 Å². The van der Waals surface area contributed by atoms with Crippen LogP contribution in [0.25, 0.3) is 0 Å². The Kier molecular flexibility index (Phi) is 6.32. The minimum Gasteiger partial charge on any atom is -0.459 e. The largest absolute Gasteiger partial charge is 0.459 e. The summed E-state index contributed by atoms with van der Waals surface area (Å²) < 4.78 is 16.8. The second kappa shape index (κ2) is 9.42. The first kappa shape index (κ1) is 23.5. The zero-order valence-corrected chi connectivity index (χ0v) is 20.8. The molecule has 0 fully saturated rings. The van der Waals surface area contributed by atoms with Crippen LogP contribution in [0.5, 0.6) is 11.5 Å². The highest BCUT2D eigenvalue weighted by atomic mass is 35.5. The van der Waals surface area contributed by atoms with Crippen LogP contribution in [-0.2, 0) is 14.3 Å². The molecule has 2 aromatic carbocycles. The number of ether oxygens (including phenoxy) is 3. The molecule has 182 valence electrons. The molecule has 1 N–H and O–H groups in total. The highest BCUT2D eigenvalue weighted by Gasteiger charge is 2.42. The first-order valence-electron chi connectivity index (χ1n) is 12.0. The normalized spacial score (nSPS) is 22.0. The molecule has 3 atom stereocenters. The Balaban J connectivity index is 1.58. The van der Waals surface area contributed by atoms with Crippen molar-refractivity contribution in [2.75, 3.05) is 6.79 Å². The van der Waals surface area contributed by atoms with Crippen molar-refractivity contribution in [2.45, 2.75) is 58.0 Å². The fraction of sp³-hybridized carbons (Fsp3) is 0.357. The lowest BCUT2D eigenvalue weighted by atomic mass is 9.71. The SMILES string of the molecule is CC[C@H](C)OC(=O)C1=C(C)NC2=C(C(=O)C[C@@H](c3ccc(Cl)cc3)C2)[C@@H]1c1ccc2c(c1)OCO2. The predicted octanol–water partition coefficient (Wildman–Crippen LogP) is 5.77. The summed E-state index contributed by atoms with van der Waals surface area (Å²) in [4.78, 5) is 27.1. The van der Waals surface area contributed by atoms with Gasteiger partial charge in [-0.3, -0.25) is 4.79 Å². The van der Waals surface area contributed by atoms with Crippen LogP contribution < -0.4 is 14.8 Å². The number of carbonyl (C=O) groups excluding carboxylic acids is 2. The maximum Gasteiger partial charge on any atom is 0.337 e. The summed E-state index contributed by atoms with van der Waals surface area (Å²) in [5, 5.41) is 4.05. The molecule has 3 aliphatic rings. The molecule has 0 bridgehead atoms. The summed E-state index contributed by atoms with van der Waals surface area (Å²) in [6, 6.07) is 13.2. The lowest BCUT2D eigenvalue weighted by Crippen LogP contribution is -2.36. The van der Waals surface area contributed by atoms with Crippen molar-refractivity contribution >= 4 is 23.4 Å². The molecule has 2 aliphatic heterocycles. The Bertz CT molecular complexity index is 1250. The molecule has 5 rings (SSSR count). The lowest BCUT2D eigenvalue weighted by molar-refractivity contribution is -0.144. The van der Waals surface area contributed by atoms with Crippen molar-refractivity contribution in [1.29, 1.82) is 0 Å². The van der Waals surface area contributed by atoms with Crippen LogP contribution in [0.15, 0.2) is 65.0 Å². The summed E-state index contributed by atoms with van der Waals surface area (Å²) >= 11 is 6.07. The third-order valence-electron chi connectivity index (χ3n) is 7.00. The fourth-order valence-electron chi connectivity index (χ4n) is 5.04. The van der Waals surface area contributed by atoms with Crippen LogP contribution in [0.2, 0.25) is 5.02 Å². The van der Waals surface area contributed by atoms with Gasteiger partial charge in [-0.1, -0.05) is 36.7 Å². The standard InChI is InChI=1S/C28H28ClNO5/c1-4-15(2)35-28(32)25-16(3)30-21-11-19(17-5-8-20(29)9-6-17)12-22(31)27(21)26(25)18-7-10-23-24(13-18)34-14-33-23/h5-10,13,15,19,26,30H,4,11-12,14H2,1-3H3/t15-,19-,26+/m0/s1. The van der Waals surface area contributed by atoms with Crippen molar-refractivity contribution < 1.29 is 23.8 Å². The van der Waals surface area contributed by atoms with E-state index in [-0.39, 0.29) is 24.6 Å². The number of dihydropyridines is 1. The van der Waals surface area contributed by atoms with Gasteiger partial charge in [-0.2, -0.15) is 0 Å². The molecule has 0 radical (unpaired) electrons. The van der Waals surface area contributed by atoms with Crippen LogP contribution in [0, 0.1) is 0 Å². The monoisotopic (exact) mass is 493 g/mol. The molecule has 0 spiro atoms. The fourth-order valence-corrected chi connectivity index (χ4v) is 5.16. The topological polar surface area (TPSA) is 73.9 Å². The Labute approximate surface area is 209 Å². The van der Waals surface area contributed by atoms with E-state index >= 15 is 0 Å². The van der Waals surface area contributed by atoms with Crippen molar-refractivity contribution in [3.8, 4) is 11.5 Å². The molecule has 2 heterocycles. The summed E-state index contributed by atoms with van der Waals surface area (Å²) in [6.07, 6.45) is 1.49. The Hall–Kier alpha value is -3.25. The molecule has 1 aliphatic carbocycles. The average molecular weight is 494 g/mol. The number of fused-ring (bicyclic) bond motifs is 1. The molecule has 0 saturated heterocycles. The summed E-state index contributed by atoms with van der Waals surface area (Å²) in [7, 11) is 0. The second-order valence-electron chi connectivity index (χ2n) is 9.31. The lowest BCUT2D eigenvalue weighted by Gasteiger charge is -2.37. The smallest absolute Gasteiger partial charge is 0.337 e. The number of esters is 1. The van der Waals surface area contributed by atoms with Gasteiger partial charge in [-0.05, 0) is 68.0 Å². The van der Waals surface area contributed by atoms with Gasteiger partial charge in [0.05, 0.1) is 11.7 Å². The van der Waals surface area contributed by atoms with E-state index in [1.165, 1.54) is 0 Å². The van der Waals surface area contributed by atoms with Crippen LogP contribution in [-0.4, -0.2) is 24.6 Å². The van der Waals surface area contributed by atoms with E-state index in [4.69, 9.17) is 25.8 Å². The number of hydrogen-bond donors (Lipinski definition) is 1. The molecule has 35 heavy (non-hydrogen) atoms. The van der Waals surface area contributed by atoms with Gasteiger partial charge in [0.15, 0.2) is 17.3 Å². The van der Waals surface area contributed by atoms with Crippen LogP contribution in [0.1, 0.15) is 63.0 Å². The first-order valence-corrected chi connectivity index (χ1v) is 12.3. The van der Waals surface area contributed by atoms with Gasteiger partial charge >= 0.3 is 5.97 Å². The van der Waals surface area contributed by atoms with E-state index in [1.54, 1.807) is 0 Å². The minimum absolute atomic E-state index is 0.0164. The molecular formula is C28H28ClNO5. The highest BCUT2D eigenvalue weighted by Crippen LogP contribution is 2.47. The third kappa shape index (κ3) is 4.43. The zero-order chi connectivity index (χ0) is 24.7. The van der Waals surface area contributed by atoms with Gasteiger partial charge in [-0.25, -0.2) is 4.79 Å². The summed E-state index contributed by atoms with van der Waals surface area (Å²) in [5.74, 6) is 0.353. The maximum atomic E-state index is 13.7. The molecule has 6 nitrogen and oxygen atoms in total. The van der Waals surface area contributed by atoms with Gasteiger partial charge in [0, 0.05) is 34.3 Å². The molecule has 0 amide bonds. The Morgan fingerprint density at radius 2 is 1.83 bits per heavy atom. The van der Waals surface area contributed by atoms with E-state index in [2.05, 4.69) is 5.32 Å². The second-order valence-corrected chi connectivity index (χ2v) is 9.74. The molecule has 2 aromatic rings. The molecule has 0 aromatic heterocycles. The maximum absolute atomic E-state index is 13.7. The van der Waals surface area contributed by atoms with E-state index < -0.39 is 11.9 Å². The number of rotatable bonds is 5. The van der Waals surface area contributed by atoms with E-state index in [1.807, 2.05) is 63.2 Å². The van der Waals surface area contributed by atoms with Gasteiger partial charge in [0.2, 0.25) is 6.79 Å². The number of benzene rings is 2. The Morgan fingerprint density at radius 3 is 2.57 bits per heavy atom. The van der Waals surface area contributed by atoms with Gasteiger partial charge in [-0.15, -0.1) is 0 Å². The highest BCUT2D eigenvalue weighted by molar-refractivity contribution is 6.30. The van der Waals surface area contributed by atoms with Crippen LogP contribution in [0.3, 0.4) is 0 Å². The van der Waals surface area contributed by atoms with Crippen molar-refractivity contribution in [1.82, 2.24) is 5.32 Å². The summed E-state index contributed by atoms with van der Waals surface area (Å²) in [5.41, 5.74) is 4.50. The number of hydrogen-bond acceptors (Lipinski definition) is 6. The number of halogens is 1. The van der Waals surface area contributed by atoms with E-state index in [0.29, 0.717) is 52.6 Å². The third-order valence-corrected chi connectivity index (χ3v) is 7.25. The number of ketones is 1. The van der Waals surface area contributed by atoms with Crippen LogP contribution >= 0.6 is 11.6 Å². The van der Waals surface area contributed by atoms with Gasteiger partial charge in [0.1, 0.15) is 0 Å². The minimum atomic E-state index is -0.545. The number of carbonyl (C=O) groups is 2. The predicted molar refractivity (Wildman–Crippen MR) is 132 cm³/mol. The quantitative estimate of drug-likeness (QED) is 0.533. The average Bonchev–Trinajstić information content (AvgIpc) is 3.31. The van der Waals surface area contributed by atoms with Crippen molar-refractivity contribution in [2.24, 2.45) is 0 Å². The first-order chi connectivity index (χ1) is 16.9. The van der Waals surface area contributed by atoms with Crippen molar-refractivity contribution in [3.63, 3.8) is 0 Å². The van der Waals surface area contributed by atoms with Crippen LogP contribution in [0.4, 0.5) is 0 Å². The molecule has 7 heteroatoms. The van der Waals surface area contributed by atoms with Gasteiger partial charge in [0.25, 0.3) is 0 Å². The molecule has 0 unspecified atom stereocenters. The number of nitrogens with one attached hydrogen (secondary N) is 1. The number of allylic oxidation sites excluding steroid dienone is 3. The molecular weight excluding hydrogens is 466 g/mol. The van der Waals surface area contributed by atoms with E-state index in [9.17, 15) is 9.59 Å². The molecule has 0 saturated carbocycles. The number of Topliss-reactive ketones (excluding diaryl/α,β-unsaturated/α-hetero) is 1. The zero-order valence-electron chi connectivity index (χ0n) is 20.0. The Morgan fingerprint density at radius 1 is 1.11 bits per heavy atom. The van der Waals surface area contributed by atoms with Gasteiger partial charge < -0.3 is 19.5 Å².